The van der Waals surface area contributed by atoms with Gasteiger partial charge in [-0.3, -0.25) is 0 Å². The molecular weight excluding hydrogens is 190 g/mol. The summed E-state index contributed by atoms with van der Waals surface area (Å²) in [4.78, 5) is 3.01. The van der Waals surface area contributed by atoms with E-state index in [1.807, 2.05) is 11.3 Å². The fraction of sp³-hybridized carbons (Fsp3) is 0.667. The summed E-state index contributed by atoms with van der Waals surface area (Å²) in [6.07, 6.45) is 5.79. The highest BCUT2D eigenvalue weighted by Crippen LogP contribution is 2.53. The Morgan fingerprint density at radius 2 is 2.14 bits per heavy atom. The van der Waals surface area contributed by atoms with Crippen LogP contribution in [0.3, 0.4) is 0 Å². The molecule has 1 saturated heterocycles. The van der Waals surface area contributed by atoms with Crippen LogP contribution in [0.1, 0.15) is 41.5 Å². The molecule has 1 saturated carbocycles. The van der Waals surface area contributed by atoms with Crippen LogP contribution >= 0.6 is 11.3 Å². The molecule has 2 heterocycles. The Hall–Kier alpha value is -0.340. The Kier molecular flexibility index (Phi) is 1.96. The van der Waals surface area contributed by atoms with E-state index in [1.165, 1.54) is 37.1 Å². The number of hydrogen-bond acceptors (Lipinski definition) is 2. The van der Waals surface area contributed by atoms with Crippen LogP contribution in [-0.4, -0.2) is 6.54 Å². The van der Waals surface area contributed by atoms with Crippen molar-refractivity contribution in [3.05, 3.63) is 21.9 Å². The first-order valence-electron chi connectivity index (χ1n) is 5.60. The standard InChI is InChI=1S/C12H17NS/c1-9-4-5-10(14-9)11-12(8-13-11)6-2-3-7-12/h4-5,11,13H,2-3,6-8H2,1H3. The lowest BCUT2D eigenvalue weighted by atomic mass is 9.71. The van der Waals surface area contributed by atoms with Gasteiger partial charge >= 0.3 is 0 Å². The highest BCUT2D eigenvalue weighted by molar-refractivity contribution is 7.12. The number of aryl methyl sites for hydroxylation is 1. The predicted octanol–water partition coefficient (Wildman–Crippen LogP) is 3.26. The van der Waals surface area contributed by atoms with Gasteiger partial charge in [0.05, 0.1) is 0 Å². The van der Waals surface area contributed by atoms with Gasteiger partial charge in [-0.15, -0.1) is 11.3 Å². The van der Waals surface area contributed by atoms with Gasteiger partial charge in [0, 0.05) is 27.8 Å². The minimum absolute atomic E-state index is 0.650. The first kappa shape index (κ1) is 8.93. The smallest absolute Gasteiger partial charge is 0.0484 e. The molecule has 1 N–H and O–H groups in total. The molecule has 3 rings (SSSR count). The summed E-state index contributed by atoms with van der Waals surface area (Å²) in [6, 6.07) is 5.25. The van der Waals surface area contributed by atoms with E-state index >= 15 is 0 Å². The van der Waals surface area contributed by atoms with E-state index in [-0.39, 0.29) is 0 Å². The zero-order valence-corrected chi connectivity index (χ0v) is 9.49. The summed E-state index contributed by atoms with van der Waals surface area (Å²) >= 11 is 1.97. The molecule has 1 spiro atoms. The minimum Gasteiger partial charge on any atom is -0.308 e. The molecule has 2 heteroatoms. The van der Waals surface area contributed by atoms with E-state index in [1.54, 1.807) is 4.88 Å². The second kappa shape index (κ2) is 3.07. The molecule has 1 aliphatic carbocycles. The van der Waals surface area contributed by atoms with Crippen LogP contribution in [-0.2, 0) is 0 Å². The minimum atomic E-state index is 0.650. The molecule has 1 nitrogen and oxygen atoms in total. The Bertz CT molecular complexity index is 336. The first-order valence-corrected chi connectivity index (χ1v) is 6.42. The molecule has 1 atom stereocenters. The summed E-state index contributed by atoms with van der Waals surface area (Å²) in [7, 11) is 0. The molecule has 2 fully saturated rings. The van der Waals surface area contributed by atoms with Crippen molar-refractivity contribution in [3.63, 3.8) is 0 Å². The van der Waals surface area contributed by atoms with Gasteiger partial charge in [0.25, 0.3) is 0 Å². The topological polar surface area (TPSA) is 12.0 Å². The quantitative estimate of drug-likeness (QED) is 0.745. The molecule has 1 aromatic heterocycles. The van der Waals surface area contributed by atoms with Crippen molar-refractivity contribution in [1.82, 2.24) is 5.32 Å². The normalized spacial score (nSPS) is 29.4. The number of nitrogens with one attached hydrogen (secondary N) is 1. The summed E-state index contributed by atoms with van der Waals surface area (Å²) in [5.41, 5.74) is 0.650. The van der Waals surface area contributed by atoms with Crippen molar-refractivity contribution in [1.29, 1.82) is 0 Å². The van der Waals surface area contributed by atoms with Crippen LogP contribution in [0.4, 0.5) is 0 Å². The SMILES string of the molecule is Cc1ccc(C2NCC23CCCC3)s1. The number of thiophene rings is 1. The van der Waals surface area contributed by atoms with Crippen molar-refractivity contribution in [3.8, 4) is 0 Å². The van der Waals surface area contributed by atoms with Crippen molar-refractivity contribution in [2.45, 2.75) is 38.6 Å². The molecule has 0 amide bonds. The fourth-order valence-electron chi connectivity index (χ4n) is 3.05. The molecule has 0 radical (unpaired) electrons. The zero-order valence-electron chi connectivity index (χ0n) is 8.68. The third-order valence-electron chi connectivity index (χ3n) is 3.92. The molecule has 76 valence electrons. The van der Waals surface area contributed by atoms with Gasteiger partial charge in [0.1, 0.15) is 0 Å². The molecule has 14 heavy (non-hydrogen) atoms. The van der Waals surface area contributed by atoms with Crippen LogP contribution < -0.4 is 5.32 Å². The molecule has 0 bridgehead atoms. The van der Waals surface area contributed by atoms with E-state index in [4.69, 9.17) is 0 Å². The summed E-state index contributed by atoms with van der Waals surface area (Å²) < 4.78 is 0. The molecule has 1 aromatic rings. The lowest BCUT2D eigenvalue weighted by Crippen LogP contribution is -2.54. The van der Waals surface area contributed by atoms with Gasteiger partial charge in [0.15, 0.2) is 0 Å². The van der Waals surface area contributed by atoms with E-state index < -0.39 is 0 Å². The van der Waals surface area contributed by atoms with Crippen molar-refractivity contribution < 1.29 is 0 Å². The van der Waals surface area contributed by atoms with Crippen molar-refractivity contribution in [2.24, 2.45) is 5.41 Å². The average molecular weight is 207 g/mol. The second-order valence-electron chi connectivity index (χ2n) is 4.83. The molecular formula is C12H17NS. The van der Waals surface area contributed by atoms with E-state index in [9.17, 15) is 0 Å². The van der Waals surface area contributed by atoms with E-state index in [0.717, 1.165) is 0 Å². The fourth-order valence-corrected chi connectivity index (χ4v) is 4.14. The Labute approximate surface area is 89.5 Å². The maximum absolute atomic E-state index is 3.62. The average Bonchev–Trinajstić information content (AvgIpc) is 2.73. The van der Waals surface area contributed by atoms with Crippen molar-refractivity contribution in [2.75, 3.05) is 6.54 Å². The monoisotopic (exact) mass is 207 g/mol. The summed E-state index contributed by atoms with van der Waals surface area (Å²) in [6.45, 7) is 3.46. The van der Waals surface area contributed by atoms with E-state index in [0.29, 0.717) is 11.5 Å². The maximum Gasteiger partial charge on any atom is 0.0484 e. The molecule has 1 unspecified atom stereocenters. The van der Waals surface area contributed by atoms with Gasteiger partial charge in [-0.25, -0.2) is 0 Å². The first-order chi connectivity index (χ1) is 6.80. The lowest BCUT2D eigenvalue weighted by Gasteiger charge is -2.48. The molecule has 2 aliphatic rings. The van der Waals surface area contributed by atoms with Gasteiger partial charge in [-0.2, -0.15) is 0 Å². The highest BCUT2D eigenvalue weighted by Gasteiger charge is 2.49. The largest absolute Gasteiger partial charge is 0.308 e. The molecule has 0 aromatic carbocycles. The third kappa shape index (κ3) is 1.17. The van der Waals surface area contributed by atoms with Gasteiger partial charge in [0.2, 0.25) is 0 Å². The number of rotatable bonds is 1. The van der Waals surface area contributed by atoms with Crippen LogP contribution in [0.2, 0.25) is 0 Å². The predicted molar refractivity (Wildman–Crippen MR) is 60.7 cm³/mol. The van der Waals surface area contributed by atoms with Gasteiger partial charge in [-0.1, -0.05) is 12.8 Å². The van der Waals surface area contributed by atoms with Crippen LogP contribution in [0.5, 0.6) is 0 Å². The second-order valence-corrected chi connectivity index (χ2v) is 6.15. The Balaban J connectivity index is 1.86. The Morgan fingerprint density at radius 3 is 2.64 bits per heavy atom. The highest BCUT2D eigenvalue weighted by atomic mass is 32.1. The number of hydrogen-bond donors (Lipinski definition) is 1. The lowest BCUT2D eigenvalue weighted by molar-refractivity contribution is 0.0920. The summed E-state index contributed by atoms with van der Waals surface area (Å²) in [5.74, 6) is 0. The summed E-state index contributed by atoms with van der Waals surface area (Å²) in [5, 5.41) is 3.62. The van der Waals surface area contributed by atoms with Gasteiger partial charge in [-0.05, 0) is 31.9 Å². The van der Waals surface area contributed by atoms with Crippen molar-refractivity contribution >= 4 is 11.3 Å². The Morgan fingerprint density at radius 1 is 1.36 bits per heavy atom. The van der Waals surface area contributed by atoms with Crippen LogP contribution in [0.15, 0.2) is 12.1 Å². The zero-order chi connectivity index (χ0) is 9.60. The van der Waals surface area contributed by atoms with Gasteiger partial charge < -0.3 is 5.32 Å². The van der Waals surface area contributed by atoms with Crippen LogP contribution in [0.25, 0.3) is 0 Å². The third-order valence-corrected chi connectivity index (χ3v) is 4.98. The maximum atomic E-state index is 3.62. The molecule has 1 aliphatic heterocycles. The van der Waals surface area contributed by atoms with E-state index in [2.05, 4.69) is 24.4 Å². The van der Waals surface area contributed by atoms with Crippen LogP contribution in [0, 0.1) is 12.3 Å².